The summed E-state index contributed by atoms with van der Waals surface area (Å²) in [5.41, 5.74) is -0.631. The van der Waals surface area contributed by atoms with Crippen LogP contribution >= 0.6 is 0 Å². The fourth-order valence-corrected chi connectivity index (χ4v) is 3.76. The number of carbonyl (C=O) groups excluding carboxylic acids is 1. The van der Waals surface area contributed by atoms with E-state index in [1.807, 2.05) is 0 Å². The summed E-state index contributed by atoms with van der Waals surface area (Å²) in [6.45, 7) is 0. The summed E-state index contributed by atoms with van der Waals surface area (Å²) in [7, 11) is 0. The van der Waals surface area contributed by atoms with Crippen molar-refractivity contribution in [3.8, 4) is 0 Å². The van der Waals surface area contributed by atoms with Crippen LogP contribution in [0.5, 0.6) is 0 Å². The Morgan fingerprint density at radius 2 is 1.96 bits per heavy atom. The number of nitrogens with zero attached hydrogens (tertiary/aromatic N) is 2. The van der Waals surface area contributed by atoms with Crippen LogP contribution < -0.4 is 5.32 Å². The van der Waals surface area contributed by atoms with Crippen LogP contribution in [-0.2, 0) is 10.2 Å². The first kappa shape index (κ1) is 18.7. The number of nitro groups is 1. The zero-order chi connectivity index (χ0) is 19.3. The second-order valence-corrected chi connectivity index (χ2v) is 6.94. The maximum atomic E-state index is 13.2. The average Bonchev–Trinajstić information content (AvgIpc) is 3.20. The molecule has 1 aliphatic rings. The monoisotopic (exact) mass is 366 g/mol. The molecule has 3 rings (SSSR count). The molecule has 1 unspecified atom stereocenters. The molecule has 0 radical (unpaired) electrons. The summed E-state index contributed by atoms with van der Waals surface area (Å²) in [6.07, 6.45) is 7.57. The normalized spacial score (nSPS) is 16.4. The van der Waals surface area contributed by atoms with E-state index in [0.29, 0.717) is 23.7 Å². The van der Waals surface area contributed by atoms with E-state index in [9.17, 15) is 14.9 Å². The van der Waals surface area contributed by atoms with E-state index in [-0.39, 0.29) is 11.6 Å². The second kappa shape index (κ2) is 8.07. The predicted octanol–water partition coefficient (Wildman–Crippen LogP) is 4.10. The highest BCUT2D eigenvalue weighted by atomic mass is 16.6. The van der Waals surface area contributed by atoms with Gasteiger partial charge in [0, 0.05) is 24.5 Å². The van der Waals surface area contributed by atoms with Gasteiger partial charge in [-0.25, -0.2) is 4.98 Å². The van der Waals surface area contributed by atoms with Crippen LogP contribution in [0.15, 0.2) is 48.7 Å². The number of aromatic nitrogens is 1. The van der Waals surface area contributed by atoms with Gasteiger partial charge >= 0.3 is 0 Å². The van der Waals surface area contributed by atoms with E-state index in [2.05, 4.69) is 10.3 Å². The van der Waals surface area contributed by atoms with E-state index in [1.165, 1.54) is 18.3 Å². The molecule has 0 aliphatic heterocycles. The van der Waals surface area contributed by atoms with Gasteiger partial charge in [-0.2, -0.15) is 0 Å². The first-order valence-corrected chi connectivity index (χ1v) is 9.04. The van der Waals surface area contributed by atoms with E-state index < -0.39 is 10.3 Å². The molecule has 1 fully saturated rings. The molecule has 1 aromatic carbocycles. The van der Waals surface area contributed by atoms with Gasteiger partial charge in [-0.1, -0.05) is 43.9 Å². The molecule has 140 valence electrons. The third kappa shape index (κ3) is 4.02. The minimum absolute atomic E-state index is 0.0383. The minimum atomic E-state index is -1.18. The standard InChI is InChI=1S/C20H22N4O3/c21-14-20(13-15-5-1-2-6-15,16-8-10-17(11-9-16)24(26)27)19(25)23-18-7-3-4-12-22-18/h3-4,7-12,14-15,21H,1-2,5-6,13H2,(H,22,23,25). The number of hydrogen-bond donors (Lipinski definition) is 2. The molecule has 1 atom stereocenters. The highest BCUT2D eigenvalue weighted by Gasteiger charge is 2.41. The van der Waals surface area contributed by atoms with Crippen molar-refractivity contribution >= 4 is 23.6 Å². The molecule has 1 saturated carbocycles. The third-order valence-corrected chi connectivity index (χ3v) is 5.24. The molecule has 27 heavy (non-hydrogen) atoms. The van der Waals surface area contributed by atoms with Gasteiger partial charge in [0.2, 0.25) is 5.91 Å². The SMILES string of the molecule is N=CC(CC1CCCC1)(C(=O)Nc1ccccn1)c1ccc([N+](=O)[O-])cc1. The lowest BCUT2D eigenvalue weighted by Gasteiger charge is -2.31. The Morgan fingerprint density at radius 1 is 1.26 bits per heavy atom. The molecule has 0 saturated heterocycles. The highest BCUT2D eigenvalue weighted by molar-refractivity contribution is 6.10. The molecule has 0 bridgehead atoms. The van der Waals surface area contributed by atoms with Crippen LogP contribution in [-0.4, -0.2) is 22.0 Å². The van der Waals surface area contributed by atoms with Crippen LogP contribution in [0.1, 0.15) is 37.7 Å². The number of amides is 1. The Bertz CT molecular complexity index is 817. The summed E-state index contributed by atoms with van der Waals surface area (Å²) in [4.78, 5) is 27.9. The summed E-state index contributed by atoms with van der Waals surface area (Å²) in [6, 6.07) is 11.2. The summed E-state index contributed by atoms with van der Waals surface area (Å²) < 4.78 is 0. The highest BCUT2D eigenvalue weighted by Crippen LogP contribution is 2.38. The molecule has 7 nitrogen and oxygen atoms in total. The summed E-state index contributed by atoms with van der Waals surface area (Å²) in [5, 5.41) is 21.9. The lowest BCUT2D eigenvalue weighted by atomic mass is 9.73. The van der Waals surface area contributed by atoms with Crippen molar-refractivity contribution in [2.24, 2.45) is 5.92 Å². The van der Waals surface area contributed by atoms with Gasteiger partial charge in [-0.3, -0.25) is 14.9 Å². The Morgan fingerprint density at radius 3 is 2.52 bits per heavy atom. The number of hydrogen-bond acceptors (Lipinski definition) is 5. The molecule has 1 amide bonds. The second-order valence-electron chi connectivity index (χ2n) is 6.94. The van der Waals surface area contributed by atoms with Crippen LogP contribution in [0.2, 0.25) is 0 Å². The Hall–Kier alpha value is -3.09. The van der Waals surface area contributed by atoms with Gasteiger partial charge in [0.1, 0.15) is 11.2 Å². The van der Waals surface area contributed by atoms with E-state index in [0.717, 1.165) is 25.7 Å². The van der Waals surface area contributed by atoms with Gasteiger partial charge in [0.05, 0.1) is 4.92 Å². The maximum Gasteiger partial charge on any atom is 0.269 e. The van der Waals surface area contributed by atoms with Crippen LogP contribution in [0.25, 0.3) is 0 Å². The van der Waals surface area contributed by atoms with Crippen LogP contribution in [0, 0.1) is 21.4 Å². The van der Waals surface area contributed by atoms with E-state index in [4.69, 9.17) is 5.41 Å². The fraction of sp³-hybridized carbons (Fsp3) is 0.350. The molecule has 1 aliphatic carbocycles. The summed E-state index contributed by atoms with van der Waals surface area (Å²) >= 11 is 0. The molecule has 7 heteroatoms. The zero-order valence-corrected chi connectivity index (χ0v) is 14.9. The Balaban J connectivity index is 1.97. The molecule has 1 aromatic heterocycles. The number of nitrogens with one attached hydrogen (secondary N) is 2. The van der Waals surface area contributed by atoms with Crippen molar-refractivity contribution in [3.63, 3.8) is 0 Å². The molecular formula is C20H22N4O3. The van der Waals surface area contributed by atoms with Gasteiger partial charge in [-0.05, 0) is 30.0 Å². The molecule has 2 aromatic rings. The quantitative estimate of drug-likeness (QED) is 0.437. The van der Waals surface area contributed by atoms with E-state index in [1.54, 1.807) is 36.5 Å². The number of rotatable bonds is 7. The van der Waals surface area contributed by atoms with Crippen molar-refractivity contribution in [3.05, 3.63) is 64.3 Å². The topological polar surface area (TPSA) is 109 Å². The Labute approximate surface area is 157 Å². The first-order valence-electron chi connectivity index (χ1n) is 9.04. The van der Waals surface area contributed by atoms with Crippen molar-refractivity contribution < 1.29 is 9.72 Å². The molecule has 2 N–H and O–H groups in total. The fourth-order valence-electron chi connectivity index (χ4n) is 3.76. The van der Waals surface area contributed by atoms with Crippen molar-refractivity contribution in [2.45, 2.75) is 37.5 Å². The molecular weight excluding hydrogens is 344 g/mol. The number of benzene rings is 1. The molecule has 1 heterocycles. The average molecular weight is 366 g/mol. The lowest BCUT2D eigenvalue weighted by Crippen LogP contribution is -2.43. The predicted molar refractivity (Wildman–Crippen MR) is 103 cm³/mol. The number of anilines is 1. The molecule has 0 spiro atoms. The van der Waals surface area contributed by atoms with Gasteiger partial charge in [-0.15, -0.1) is 0 Å². The number of carbonyl (C=O) groups is 1. The number of nitro benzene ring substituents is 1. The smallest absolute Gasteiger partial charge is 0.269 e. The van der Waals surface area contributed by atoms with E-state index >= 15 is 0 Å². The summed E-state index contributed by atoms with van der Waals surface area (Å²) in [5.74, 6) is 0.426. The number of pyridine rings is 1. The van der Waals surface area contributed by atoms with Crippen molar-refractivity contribution in [1.82, 2.24) is 4.98 Å². The van der Waals surface area contributed by atoms with Crippen molar-refractivity contribution in [2.75, 3.05) is 5.32 Å². The number of non-ortho nitro benzene ring substituents is 1. The minimum Gasteiger partial charge on any atom is -0.312 e. The van der Waals surface area contributed by atoms with Gasteiger partial charge in [0.15, 0.2) is 0 Å². The zero-order valence-electron chi connectivity index (χ0n) is 14.9. The lowest BCUT2D eigenvalue weighted by molar-refractivity contribution is -0.384. The Kier molecular flexibility index (Phi) is 5.59. The largest absolute Gasteiger partial charge is 0.312 e. The third-order valence-electron chi connectivity index (χ3n) is 5.24. The van der Waals surface area contributed by atoms with Crippen LogP contribution in [0.4, 0.5) is 11.5 Å². The first-order chi connectivity index (χ1) is 13.0. The maximum absolute atomic E-state index is 13.2. The van der Waals surface area contributed by atoms with Crippen molar-refractivity contribution in [1.29, 1.82) is 5.41 Å². The van der Waals surface area contributed by atoms with Gasteiger partial charge < -0.3 is 10.7 Å². The van der Waals surface area contributed by atoms with Gasteiger partial charge in [0.25, 0.3) is 5.69 Å². The van der Waals surface area contributed by atoms with Crippen LogP contribution in [0.3, 0.4) is 0 Å².